The van der Waals surface area contributed by atoms with E-state index in [2.05, 4.69) is 95.0 Å². The fourth-order valence-electron chi connectivity index (χ4n) is 16.0. The van der Waals surface area contributed by atoms with E-state index in [9.17, 15) is 99.3 Å². The van der Waals surface area contributed by atoms with Crippen molar-refractivity contribution in [2.45, 2.75) is 270 Å². The van der Waals surface area contributed by atoms with Gasteiger partial charge in [-0.1, -0.05) is 70.1 Å². The Balaban J connectivity index is 0.000000263. The summed E-state index contributed by atoms with van der Waals surface area (Å²) in [5, 5.41) is 32.4. The molecular formula is C88H116F6N19O27P3. The zero-order chi connectivity index (χ0) is 106. The van der Waals surface area contributed by atoms with E-state index in [-0.39, 0.29) is 144 Å². The summed E-state index contributed by atoms with van der Waals surface area (Å²) in [7, 11) is -5.00. The summed E-state index contributed by atoms with van der Waals surface area (Å²) in [6, 6.07) is 1.42. The van der Waals surface area contributed by atoms with Gasteiger partial charge in [0.15, 0.2) is 18.7 Å². The van der Waals surface area contributed by atoms with Crippen molar-refractivity contribution in [3.8, 4) is 35.5 Å². The summed E-state index contributed by atoms with van der Waals surface area (Å²) in [5.41, 5.74) is -9.75. The minimum Gasteiger partial charge on any atom is -0.368 e. The molecule has 6 fully saturated rings. The number of alkyl halides is 6. The maximum Gasteiger partial charge on any atom is 0.471 e. The van der Waals surface area contributed by atoms with E-state index in [1.54, 1.807) is 19.2 Å². The lowest BCUT2D eigenvalue weighted by atomic mass is 9.96. The average molecular weight is 2080 g/mol. The van der Waals surface area contributed by atoms with E-state index in [0.717, 1.165) is 25.8 Å². The first kappa shape index (κ1) is 117. The zero-order valence-electron chi connectivity index (χ0n) is 81.4. The molecule has 4 aromatic rings. The molecule has 6 aliphatic rings. The highest BCUT2D eigenvalue weighted by Gasteiger charge is 2.67. The van der Waals surface area contributed by atoms with Crippen LogP contribution in [0.3, 0.4) is 0 Å². The number of nitro groups is 2. The molecule has 782 valence electrons. The minimum absolute atomic E-state index is 0.0424. The van der Waals surface area contributed by atoms with Gasteiger partial charge >= 0.3 is 41.2 Å². The van der Waals surface area contributed by atoms with Crippen LogP contribution in [0.5, 0.6) is 0 Å². The number of nitro benzene ring substituents is 2. The van der Waals surface area contributed by atoms with E-state index in [1.165, 1.54) is 23.9 Å². The minimum atomic E-state index is -5.16. The highest BCUT2D eigenvalue weighted by molar-refractivity contribution is 7.45. The van der Waals surface area contributed by atoms with Gasteiger partial charge in [-0.2, -0.15) is 26.3 Å². The Hall–Kier alpha value is -11.2. The molecule has 5 amide bonds. The fraction of sp³-hybridized carbons (Fsp3) is 0.636. The number of hydrogen-bond acceptors (Lipinski definition) is 30. The quantitative estimate of drug-likeness (QED) is 0.00415. The molecule has 46 nitrogen and oxygen atoms in total. The highest BCUT2D eigenvalue weighted by atomic mass is 31.2. The molecule has 0 saturated carbocycles. The fourth-order valence-corrected chi connectivity index (χ4v) is 21.4. The average Bonchev–Trinajstić information content (AvgIpc) is 1.58. The molecule has 8 N–H and O–H groups in total. The van der Waals surface area contributed by atoms with Crippen molar-refractivity contribution in [3.05, 3.63) is 176 Å². The van der Waals surface area contributed by atoms with E-state index in [4.69, 9.17) is 75.3 Å². The first-order valence-corrected chi connectivity index (χ1v) is 48.8. The third kappa shape index (κ3) is 29.6. The van der Waals surface area contributed by atoms with Crippen molar-refractivity contribution in [3.63, 3.8) is 0 Å². The number of benzene rings is 1. The van der Waals surface area contributed by atoms with Crippen LogP contribution < -0.4 is 60.3 Å². The molecule has 6 saturated heterocycles. The first-order valence-electron chi connectivity index (χ1n) is 45.4. The van der Waals surface area contributed by atoms with Crippen molar-refractivity contribution >= 4 is 66.5 Å². The molecule has 6 unspecified atom stereocenters. The molecule has 0 spiro atoms. The summed E-state index contributed by atoms with van der Waals surface area (Å²) in [5.74, 6) is 7.85. The Labute approximate surface area is 821 Å². The number of nitrogens with one attached hydrogen (secondary N) is 8. The molecule has 6 aliphatic heterocycles. The standard InChI is InChI=1S/C31H44F3N6O8P.C30H36N7O11P.C27H36F3N6O8P/c1-9-30-17-45-23(24(30)48-49(46-14-13-35-8)40(19(4)5)20(6)7)27(47-30)39-16-21(25(41)38-29(39)44)11-10-12-36-26(42)22(15-18(2)3)37-28(43)31(32,33)34;1-7-30-17-45-24(25(30)48-49(46-14-13-31-6)35(18(2)3)19(4)5)28(47-30)34-16-20(26(38)33-29(34)40)9-8-12-32-27(39)22-11-10-21(36(41)42)15-23(22)37(43)44;1-7-26-15-41-20(21(26)44-45(42-12-11-31-6)36(16(2)3)17(4)5)23(43-26)35-14-18(22(38)34-25(35)40)9-8-10-32-19(37)13-33-24(39)27(28,29)30/h16,18-20,22-24,27H,9,12-15,17H2,1-7H3,(H,36,42)(H,37,43)(H,38,41,44);10-11,15-16,18-19,24-25,28H,7,12-14,17H2,1-5H3,(H,32,39)(H,33,38,40);14,16-17,20-21,23H,7,10-13,15H2,1-5H3,(H,32,37)(H,33,39)(H,34,38,40)/t22-,23?,24+,27+,30-,49?;24?,25-,28-,30+,49?;20?,21-,23-,26+,45?/m011/s1. The number of carbonyl (C=O) groups is 5. The predicted molar refractivity (Wildman–Crippen MR) is 502 cm³/mol. The zero-order valence-corrected chi connectivity index (χ0v) is 84.0. The smallest absolute Gasteiger partial charge is 0.368 e. The van der Waals surface area contributed by atoms with Crippen LogP contribution in [0.1, 0.15) is 189 Å². The lowest BCUT2D eigenvalue weighted by Gasteiger charge is -2.38. The number of amides is 5. The molecule has 143 heavy (non-hydrogen) atoms. The molecule has 10 rings (SSSR count). The number of hydrogen-bond donors (Lipinski definition) is 8. The van der Waals surface area contributed by atoms with Crippen molar-refractivity contribution in [1.82, 2.24) is 69.2 Å². The van der Waals surface area contributed by atoms with Crippen molar-refractivity contribution in [1.29, 1.82) is 0 Å². The lowest BCUT2D eigenvalue weighted by molar-refractivity contribution is -0.394. The van der Waals surface area contributed by atoms with E-state index in [1.807, 2.05) is 104 Å². The maximum absolute atomic E-state index is 13.0. The normalized spacial score (nSPS) is 22.6. The summed E-state index contributed by atoms with van der Waals surface area (Å²) >= 11 is 0. The van der Waals surface area contributed by atoms with Crippen LogP contribution in [0, 0.1) is 81.4 Å². The first-order chi connectivity index (χ1) is 67.3. The largest absolute Gasteiger partial charge is 0.471 e. The monoisotopic (exact) mass is 2080 g/mol. The third-order valence-corrected chi connectivity index (χ3v) is 29.0. The summed E-state index contributed by atoms with van der Waals surface area (Å²) < 4.78 is 160. The molecule has 3 aromatic heterocycles. The maximum atomic E-state index is 13.0. The Morgan fingerprint density at radius 3 is 1.15 bits per heavy atom. The van der Waals surface area contributed by atoms with Crippen molar-refractivity contribution in [2.24, 2.45) is 5.92 Å². The van der Waals surface area contributed by atoms with Gasteiger partial charge in [-0.3, -0.25) is 87.2 Å². The molecule has 55 heteroatoms. The van der Waals surface area contributed by atoms with E-state index >= 15 is 0 Å². The molecule has 16 atom stereocenters. The third-order valence-electron chi connectivity index (χ3n) is 22.6. The van der Waals surface area contributed by atoms with Gasteiger partial charge in [-0.25, -0.2) is 48.1 Å². The van der Waals surface area contributed by atoms with Crippen LogP contribution in [-0.2, 0) is 74.7 Å². The van der Waals surface area contributed by atoms with Gasteiger partial charge in [0.05, 0.1) is 61.9 Å². The van der Waals surface area contributed by atoms with Gasteiger partial charge in [0.1, 0.15) is 102 Å². The van der Waals surface area contributed by atoms with Crippen LogP contribution in [0.2, 0.25) is 0 Å². The number of H-pyrrole nitrogens is 3. The Morgan fingerprint density at radius 2 is 0.853 bits per heavy atom. The van der Waals surface area contributed by atoms with E-state index in [0.29, 0.717) is 25.3 Å². The molecule has 6 bridgehead atoms. The predicted octanol–water partition coefficient (Wildman–Crippen LogP) is 7.14. The number of ether oxygens (including phenoxy) is 6. The highest BCUT2D eigenvalue weighted by Crippen LogP contribution is 2.59. The van der Waals surface area contributed by atoms with Crippen molar-refractivity contribution < 1.29 is 116 Å². The number of rotatable bonds is 42. The second kappa shape index (κ2) is 52.1. The number of carbonyl (C=O) groups excluding carboxylic acids is 5. The number of non-ortho nitro benzene ring substituents is 1. The van der Waals surface area contributed by atoms with Gasteiger partial charge < -0.3 is 96.7 Å². The summed E-state index contributed by atoms with van der Waals surface area (Å²) in [4.78, 5) is 173. The van der Waals surface area contributed by atoms with Gasteiger partial charge in [0, 0.05) is 60.9 Å². The van der Waals surface area contributed by atoms with Crippen LogP contribution >= 0.6 is 25.6 Å². The molecular weight excluding hydrogens is 1960 g/mol. The number of aromatic nitrogens is 6. The second-order valence-electron chi connectivity index (χ2n) is 35.0. The Morgan fingerprint density at radius 1 is 0.517 bits per heavy atom. The SMILES string of the molecule is [C-]#[N+]CCOP(O[C@@H]1C2OC[C@]1(CC)O[C@H]2n1cc(C#CCNC(=O)CNC(=O)C(F)(F)F)c(=O)[nH]c1=O)N(C(C)C)C(C)C.[C-]#[N+]CCOP(O[C@@H]1C2OC[C@]1(CC)O[C@H]2n1cc(C#CCNC(=O)[C@H](CC(C)C)NC(=O)C(F)(F)F)c(=O)[nH]c1=O)N(C(C)C)C(C)C.[C-]#[N+]CCOP(O[C@@H]1C2OC[C@]1(CC)O[C@H]2n1cc(C#CCNC(=O)c2ccc([N+](=O)[O-])cc2[N+](=O)[O-])c(=O)[nH]c1=O)N(C(C)C)C(C)C. The van der Waals surface area contributed by atoms with Crippen LogP contribution in [0.25, 0.3) is 14.5 Å². The van der Waals surface area contributed by atoms with E-state index < -0.39 is 213 Å². The lowest BCUT2D eigenvalue weighted by Crippen LogP contribution is -2.51. The number of aromatic amines is 3. The molecule has 9 heterocycles. The van der Waals surface area contributed by atoms with Gasteiger partial charge in [-0.05, 0) is 121 Å². The molecule has 0 aliphatic carbocycles. The molecule has 1 aromatic carbocycles. The Bertz CT molecular complexity index is 5900. The molecule has 0 radical (unpaired) electrons. The number of halogens is 6. The van der Waals surface area contributed by atoms with Gasteiger partial charge in [-0.15, -0.1) is 0 Å². The van der Waals surface area contributed by atoms with Crippen LogP contribution in [0.15, 0.2) is 65.6 Å². The second-order valence-corrected chi connectivity index (χ2v) is 39.2. The Kier molecular flexibility index (Phi) is 42.6. The summed E-state index contributed by atoms with van der Waals surface area (Å²) in [6.07, 6.45) is -12.6. The van der Waals surface area contributed by atoms with Gasteiger partial charge in [0.2, 0.25) is 31.4 Å². The van der Waals surface area contributed by atoms with Crippen LogP contribution in [0.4, 0.5) is 37.7 Å². The van der Waals surface area contributed by atoms with Gasteiger partial charge in [0.25, 0.3) is 59.5 Å². The number of nitrogens with zero attached hydrogens (tertiary/aromatic N) is 11. The topological polar surface area (TPSA) is 530 Å². The van der Waals surface area contributed by atoms with Crippen LogP contribution in [-0.4, -0.2) is 276 Å². The number of fused-ring (bicyclic) bond motifs is 6. The van der Waals surface area contributed by atoms with Crippen molar-refractivity contribution in [2.75, 3.05) is 85.5 Å². The summed E-state index contributed by atoms with van der Waals surface area (Å²) in [6.45, 7) is 54.1.